The zero-order chi connectivity index (χ0) is 27.9. The zero-order valence-corrected chi connectivity index (χ0v) is 24.5. The Morgan fingerprint density at radius 3 is 2.16 bits per heavy atom. The van der Waals surface area contributed by atoms with Crippen molar-refractivity contribution < 1.29 is 18.0 Å². The lowest BCUT2D eigenvalue weighted by atomic mass is 10.0. The molecule has 0 aliphatic rings. The van der Waals surface area contributed by atoms with Gasteiger partial charge in [0.2, 0.25) is 11.8 Å². The molecule has 0 aromatic heterocycles. The third kappa shape index (κ3) is 7.23. The fraction of sp³-hybridized carbons (Fsp3) is 0.310. The van der Waals surface area contributed by atoms with E-state index in [9.17, 15) is 18.0 Å². The molecule has 1 unspecified atom stereocenters. The average molecular weight is 601 g/mol. The van der Waals surface area contributed by atoms with Gasteiger partial charge in [0.25, 0.3) is 10.0 Å². The quantitative estimate of drug-likeness (QED) is 0.323. The SMILES string of the molecule is CCNC(=O)C(C)N(Cc1cccc(Br)c1)C(=O)CN(c1ccc(C(C)C)cc1)S(=O)(=O)c1ccccc1. The Kier molecular flexibility index (Phi) is 10.1. The van der Waals surface area contributed by atoms with E-state index >= 15 is 0 Å². The number of halogens is 1. The van der Waals surface area contributed by atoms with Gasteiger partial charge in [0.15, 0.2) is 0 Å². The highest BCUT2D eigenvalue weighted by atomic mass is 79.9. The molecular formula is C29H34BrN3O4S. The van der Waals surface area contributed by atoms with Crippen LogP contribution in [0.25, 0.3) is 0 Å². The summed E-state index contributed by atoms with van der Waals surface area (Å²) in [6, 6.07) is 21.8. The summed E-state index contributed by atoms with van der Waals surface area (Å²) in [7, 11) is -4.07. The number of hydrogen-bond donors (Lipinski definition) is 1. The molecule has 3 aromatic rings. The lowest BCUT2D eigenvalue weighted by molar-refractivity contribution is -0.139. The molecule has 0 fully saturated rings. The summed E-state index contributed by atoms with van der Waals surface area (Å²) in [4.78, 5) is 28.1. The van der Waals surface area contributed by atoms with E-state index in [0.29, 0.717) is 12.2 Å². The summed E-state index contributed by atoms with van der Waals surface area (Å²) in [5.41, 5.74) is 2.24. The molecule has 0 saturated carbocycles. The molecule has 0 aliphatic carbocycles. The van der Waals surface area contributed by atoms with Gasteiger partial charge in [-0.25, -0.2) is 8.42 Å². The maximum absolute atomic E-state index is 13.8. The van der Waals surface area contributed by atoms with Gasteiger partial charge in [-0.3, -0.25) is 13.9 Å². The molecule has 3 rings (SSSR count). The highest BCUT2D eigenvalue weighted by Gasteiger charge is 2.32. The molecule has 38 heavy (non-hydrogen) atoms. The van der Waals surface area contributed by atoms with Gasteiger partial charge in [-0.05, 0) is 67.3 Å². The highest BCUT2D eigenvalue weighted by Crippen LogP contribution is 2.26. The molecule has 202 valence electrons. The number of rotatable bonds is 11. The summed E-state index contributed by atoms with van der Waals surface area (Å²) in [5.74, 6) is -0.533. The van der Waals surface area contributed by atoms with Crippen molar-refractivity contribution in [2.75, 3.05) is 17.4 Å². The van der Waals surface area contributed by atoms with Crippen LogP contribution in [0.2, 0.25) is 0 Å². The highest BCUT2D eigenvalue weighted by molar-refractivity contribution is 9.10. The first-order valence-corrected chi connectivity index (χ1v) is 14.8. The fourth-order valence-electron chi connectivity index (χ4n) is 4.01. The number of amides is 2. The van der Waals surface area contributed by atoms with Gasteiger partial charge in [0, 0.05) is 17.6 Å². The van der Waals surface area contributed by atoms with Gasteiger partial charge in [-0.1, -0.05) is 72.2 Å². The first-order chi connectivity index (χ1) is 18.0. The molecule has 0 aliphatic heterocycles. The van der Waals surface area contributed by atoms with Crippen molar-refractivity contribution in [3.8, 4) is 0 Å². The van der Waals surface area contributed by atoms with Crippen molar-refractivity contribution in [1.29, 1.82) is 0 Å². The average Bonchev–Trinajstić information content (AvgIpc) is 2.90. The van der Waals surface area contributed by atoms with E-state index in [1.165, 1.54) is 17.0 Å². The molecule has 0 spiro atoms. The summed E-state index contributed by atoms with van der Waals surface area (Å²) < 4.78 is 29.5. The van der Waals surface area contributed by atoms with Gasteiger partial charge in [-0.15, -0.1) is 0 Å². The van der Waals surface area contributed by atoms with E-state index in [2.05, 4.69) is 35.1 Å². The maximum Gasteiger partial charge on any atom is 0.264 e. The van der Waals surface area contributed by atoms with E-state index in [1.54, 1.807) is 44.2 Å². The number of carbonyl (C=O) groups is 2. The number of sulfonamides is 1. The minimum atomic E-state index is -4.07. The summed E-state index contributed by atoms with van der Waals surface area (Å²) in [5, 5.41) is 2.76. The second-order valence-electron chi connectivity index (χ2n) is 9.29. The molecular weight excluding hydrogens is 566 g/mol. The van der Waals surface area contributed by atoms with Gasteiger partial charge in [0.05, 0.1) is 10.6 Å². The molecule has 0 radical (unpaired) electrons. The van der Waals surface area contributed by atoms with Crippen LogP contribution < -0.4 is 9.62 Å². The fourth-order valence-corrected chi connectivity index (χ4v) is 5.89. The summed E-state index contributed by atoms with van der Waals surface area (Å²) in [6.45, 7) is 7.66. The van der Waals surface area contributed by atoms with Crippen LogP contribution in [-0.2, 0) is 26.2 Å². The number of likely N-dealkylation sites (N-methyl/N-ethyl adjacent to an activating group) is 1. The van der Waals surface area contributed by atoms with Gasteiger partial charge < -0.3 is 10.2 Å². The Balaban J connectivity index is 2.03. The Hall–Kier alpha value is -3.17. The van der Waals surface area contributed by atoms with Crippen LogP contribution in [0.1, 0.15) is 44.7 Å². The molecule has 0 saturated heterocycles. The Bertz CT molecular complexity index is 1350. The number of benzene rings is 3. The zero-order valence-electron chi connectivity index (χ0n) is 22.1. The molecule has 3 aromatic carbocycles. The molecule has 1 atom stereocenters. The van der Waals surface area contributed by atoms with Crippen LogP contribution in [0, 0.1) is 0 Å². The van der Waals surface area contributed by atoms with Crippen molar-refractivity contribution >= 4 is 43.5 Å². The lowest BCUT2D eigenvalue weighted by Gasteiger charge is -2.32. The molecule has 1 N–H and O–H groups in total. The predicted octanol–water partition coefficient (Wildman–Crippen LogP) is 5.32. The first-order valence-electron chi connectivity index (χ1n) is 12.5. The summed E-state index contributed by atoms with van der Waals surface area (Å²) >= 11 is 3.45. The van der Waals surface area contributed by atoms with Crippen molar-refractivity contribution in [2.24, 2.45) is 0 Å². The molecule has 7 nitrogen and oxygen atoms in total. The monoisotopic (exact) mass is 599 g/mol. The van der Waals surface area contributed by atoms with Crippen molar-refractivity contribution in [1.82, 2.24) is 10.2 Å². The van der Waals surface area contributed by atoms with E-state index in [1.807, 2.05) is 36.4 Å². The van der Waals surface area contributed by atoms with E-state index in [-0.39, 0.29) is 23.3 Å². The van der Waals surface area contributed by atoms with Gasteiger partial charge in [-0.2, -0.15) is 0 Å². The van der Waals surface area contributed by atoms with Crippen molar-refractivity contribution in [2.45, 2.75) is 51.1 Å². The molecule has 0 heterocycles. The van der Waals surface area contributed by atoms with Crippen molar-refractivity contribution in [3.63, 3.8) is 0 Å². The lowest BCUT2D eigenvalue weighted by Crippen LogP contribution is -2.51. The van der Waals surface area contributed by atoms with Crippen LogP contribution in [-0.4, -0.2) is 44.3 Å². The van der Waals surface area contributed by atoms with E-state index in [0.717, 1.165) is 19.9 Å². The first kappa shape index (κ1) is 29.4. The minimum absolute atomic E-state index is 0.0797. The standard InChI is InChI=1S/C29H34BrN3O4S/c1-5-31-29(35)22(4)32(19-23-10-9-11-25(30)18-23)28(34)20-33(26-16-14-24(15-17-26)21(2)3)38(36,37)27-12-7-6-8-13-27/h6-18,21-22H,5,19-20H2,1-4H3,(H,31,35). The third-order valence-corrected chi connectivity index (χ3v) is 8.50. The van der Waals surface area contributed by atoms with Gasteiger partial charge in [0.1, 0.15) is 12.6 Å². The van der Waals surface area contributed by atoms with Crippen LogP contribution in [0.15, 0.2) is 88.2 Å². The minimum Gasteiger partial charge on any atom is -0.355 e. The van der Waals surface area contributed by atoms with Crippen molar-refractivity contribution in [3.05, 3.63) is 94.5 Å². The van der Waals surface area contributed by atoms with Gasteiger partial charge >= 0.3 is 0 Å². The second-order valence-corrected chi connectivity index (χ2v) is 12.1. The Morgan fingerprint density at radius 2 is 1.58 bits per heavy atom. The summed E-state index contributed by atoms with van der Waals surface area (Å²) in [6.07, 6.45) is 0. The van der Waals surface area contributed by atoms with Crippen LogP contribution in [0.4, 0.5) is 5.69 Å². The number of hydrogen-bond acceptors (Lipinski definition) is 4. The number of nitrogens with one attached hydrogen (secondary N) is 1. The smallest absolute Gasteiger partial charge is 0.264 e. The molecule has 0 bridgehead atoms. The maximum atomic E-state index is 13.8. The number of carbonyl (C=O) groups excluding carboxylic acids is 2. The third-order valence-electron chi connectivity index (χ3n) is 6.22. The predicted molar refractivity (Wildman–Crippen MR) is 154 cm³/mol. The topological polar surface area (TPSA) is 86.8 Å². The molecule has 9 heteroatoms. The van der Waals surface area contributed by atoms with Crippen LogP contribution in [0.3, 0.4) is 0 Å². The second kappa shape index (κ2) is 13.1. The largest absolute Gasteiger partial charge is 0.355 e. The Labute approximate surface area is 234 Å². The molecule has 2 amide bonds. The van der Waals surface area contributed by atoms with E-state index < -0.39 is 28.5 Å². The van der Waals surface area contributed by atoms with Crippen LogP contribution >= 0.6 is 15.9 Å². The van der Waals surface area contributed by atoms with Crippen LogP contribution in [0.5, 0.6) is 0 Å². The van der Waals surface area contributed by atoms with E-state index in [4.69, 9.17) is 0 Å². The number of nitrogens with zero attached hydrogens (tertiary/aromatic N) is 2. The Morgan fingerprint density at radius 1 is 0.921 bits per heavy atom. The normalized spacial score (nSPS) is 12.2. The number of anilines is 1.